The smallest absolute Gasteiger partial charge is 0.334 e. The summed E-state index contributed by atoms with van der Waals surface area (Å²) in [4.78, 5) is 25.2. The summed E-state index contributed by atoms with van der Waals surface area (Å²) in [5.74, 6) is -0.517. The van der Waals surface area contributed by atoms with E-state index in [1.54, 1.807) is 6.92 Å². The predicted molar refractivity (Wildman–Crippen MR) is 60.2 cm³/mol. The molecule has 0 spiro atoms. The number of nitrogens with two attached hydrogens (primary N) is 1. The van der Waals surface area contributed by atoms with Gasteiger partial charge in [0.2, 0.25) is 0 Å². The first-order valence-electron chi connectivity index (χ1n) is 4.82. The Morgan fingerprint density at radius 1 is 1.47 bits per heavy atom. The molecule has 0 saturated carbocycles. The van der Waals surface area contributed by atoms with Crippen LogP contribution in [0.5, 0.6) is 0 Å². The van der Waals surface area contributed by atoms with Gasteiger partial charge in [-0.3, -0.25) is 10.1 Å². The molecule has 1 aromatic rings. The number of nitro groups is 1. The second-order valence-corrected chi connectivity index (χ2v) is 3.10. The zero-order chi connectivity index (χ0) is 12.8. The maximum atomic E-state index is 10.8. The summed E-state index contributed by atoms with van der Waals surface area (Å²) in [5.41, 5.74) is 5.92. The lowest BCUT2D eigenvalue weighted by Gasteiger charge is -1.99. The molecule has 90 valence electrons. The summed E-state index contributed by atoms with van der Waals surface area (Å²) >= 11 is 0. The number of oxime groups is 1. The zero-order valence-corrected chi connectivity index (χ0v) is 9.12. The number of rotatable bonds is 4. The molecule has 0 fully saturated rings. The van der Waals surface area contributed by atoms with Crippen molar-refractivity contribution in [2.75, 3.05) is 0 Å². The highest BCUT2D eigenvalue weighted by molar-refractivity contribution is 5.97. The number of nitrogens with zero attached hydrogens (tertiary/aromatic N) is 2. The number of hydrogen-bond acceptors (Lipinski definition) is 5. The Hall–Kier alpha value is -2.44. The third-order valence-corrected chi connectivity index (χ3v) is 1.91. The number of carbonyl (C=O) groups excluding carboxylic acids is 1. The first-order chi connectivity index (χ1) is 8.04. The third-order valence-electron chi connectivity index (χ3n) is 1.91. The maximum Gasteiger partial charge on any atom is 0.334 e. The Bertz CT molecular complexity index is 453. The van der Waals surface area contributed by atoms with Gasteiger partial charge in [-0.15, -0.1) is 0 Å². The lowest BCUT2D eigenvalue weighted by molar-refractivity contribution is -0.384. The topological polar surface area (TPSA) is 108 Å². The van der Waals surface area contributed by atoms with Crippen LogP contribution in [0.4, 0.5) is 5.69 Å². The minimum atomic E-state index is -0.520. The number of carbonyl (C=O) groups is 1. The molecule has 0 aliphatic carbocycles. The van der Waals surface area contributed by atoms with Crippen LogP contribution in [0.1, 0.15) is 18.9 Å². The molecule has 1 rings (SSSR count). The van der Waals surface area contributed by atoms with E-state index in [4.69, 9.17) is 5.73 Å². The van der Waals surface area contributed by atoms with Gasteiger partial charge in [0.05, 0.1) is 4.92 Å². The number of non-ortho nitro benzene ring substituents is 1. The molecule has 0 heterocycles. The van der Waals surface area contributed by atoms with Gasteiger partial charge in [0.15, 0.2) is 5.84 Å². The fourth-order valence-corrected chi connectivity index (χ4v) is 0.971. The molecular weight excluding hydrogens is 226 g/mol. The summed E-state index contributed by atoms with van der Waals surface area (Å²) in [6, 6.07) is 5.44. The molecule has 0 aromatic heterocycles. The Morgan fingerprint density at radius 2 is 2.06 bits per heavy atom. The summed E-state index contributed by atoms with van der Waals surface area (Å²) in [7, 11) is 0. The van der Waals surface area contributed by atoms with Crippen LogP contribution < -0.4 is 5.73 Å². The molecule has 17 heavy (non-hydrogen) atoms. The predicted octanol–water partition coefficient (Wildman–Crippen LogP) is 1.17. The van der Waals surface area contributed by atoms with E-state index in [-0.39, 0.29) is 17.9 Å². The molecule has 0 unspecified atom stereocenters. The fraction of sp³-hybridized carbons (Fsp3) is 0.200. The second kappa shape index (κ2) is 5.59. The second-order valence-electron chi connectivity index (χ2n) is 3.10. The van der Waals surface area contributed by atoms with Crippen LogP contribution in [0.3, 0.4) is 0 Å². The van der Waals surface area contributed by atoms with Gasteiger partial charge in [-0.1, -0.05) is 12.1 Å². The van der Waals surface area contributed by atoms with E-state index in [1.165, 1.54) is 24.3 Å². The van der Waals surface area contributed by atoms with Gasteiger partial charge in [0, 0.05) is 24.1 Å². The van der Waals surface area contributed by atoms with Crippen molar-refractivity contribution in [3.8, 4) is 0 Å². The fourth-order valence-electron chi connectivity index (χ4n) is 0.971. The molecule has 1 aromatic carbocycles. The maximum absolute atomic E-state index is 10.8. The molecule has 0 radical (unpaired) electrons. The molecule has 7 heteroatoms. The summed E-state index contributed by atoms with van der Waals surface area (Å²) < 4.78 is 0. The average Bonchev–Trinajstić information content (AvgIpc) is 2.35. The Kier molecular flexibility index (Phi) is 4.15. The summed E-state index contributed by atoms with van der Waals surface area (Å²) in [6.45, 7) is 1.62. The van der Waals surface area contributed by atoms with Crippen molar-refractivity contribution >= 4 is 17.5 Å². The van der Waals surface area contributed by atoms with E-state index in [9.17, 15) is 14.9 Å². The SMILES string of the molecule is CCC(=O)O/N=C(\N)c1ccc([N+](=O)[O-])cc1. The first kappa shape index (κ1) is 12.6. The minimum absolute atomic E-state index is 0.0123. The van der Waals surface area contributed by atoms with Crippen molar-refractivity contribution in [1.82, 2.24) is 0 Å². The van der Waals surface area contributed by atoms with Crippen molar-refractivity contribution in [2.24, 2.45) is 10.9 Å². The number of benzene rings is 1. The van der Waals surface area contributed by atoms with Crippen LogP contribution >= 0.6 is 0 Å². The van der Waals surface area contributed by atoms with Crippen molar-refractivity contribution in [3.05, 3.63) is 39.9 Å². The molecule has 0 aliphatic rings. The van der Waals surface area contributed by atoms with E-state index >= 15 is 0 Å². The van der Waals surface area contributed by atoms with Crippen molar-refractivity contribution in [1.29, 1.82) is 0 Å². The highest BCUT2D eigenvalue weighted by Crippen LogP contribution is 2.11. The summed E-state index contributed by atoms with van der Waals surface area (Å²) in [5, 5.41) is 13.8. The van der Waals surface area contributed by atoms with Crippen LogP contribution in [0.25, 0.3) is 0 Å². The van der Waals surface area contributed by atoms with E-state index in [1.807, 2.05) is 0 Å². The molecule has 0 aliphatic heterocycles. The first-order valence-corrected chi connectivity index (χ1v) is 4.82. The average molecular weight is 237 g/mol. The Morgan fingerprint density at radius 3 is 2.53 bits per heavy atom. The van der Waals surface area contributed by atoms with Crippen LogP contribution in [0, 0.1) is 10.1 Å². The highest BCUT2D eigenvalue weighted by atomic mass is 16.7. The van der Waals surface area contributed by atoms with E-state index < -0.39 is 10.9 Å². The molecule has 2 N–H and O–H groups in total. The van der Waals surface area contributed by atoms with E-state index in [0.717, 1.165) is 0 Å². The van der Waals surface area contributed by atoms with Gasteiger partial charge in [-0.25, -0.2) is 4.79 Å². The zero-order valence-electron chi connectivity index (χ0n) is 9.12. The monoisotopic (exact) mass is 237 g/mol. The minimum Gasteiger partial charge on any atom is -0.380 e. The van der Waals surface area contributed by atoms with Gasteiger partial charge in [-0.05, 0) is 12.1 Å². The standard InChI is InChI=1S/C10H11N3O4/c1-2-9(14)17-12-10(11)7-3-5-8(6-4-7)13(15)16/h3-6H,2H2,1H3,(H2,11,12). The molecule has 0 amide bonds. The molecule has 7 nitrogen and oxygen atoms in total. The van der Waals surface area contributed by atoms with Gasteiger partial charge >= 0.3 is 5.97 Å². The largest absolute Gasteiger partial charge is 0.380 e. The van der Waals surface area contributed by atoms with Crippen molar-refractivity contribution < 1.29 is 14.6 Å². The van der Waals surface area contributed by atoms with E-state index in [0.29, 0.717) is 5.56 Å². The van der Waals surface area contributed by atoms with Gasteiger partial charge in [0.25, 0.3) is 5.69 Å². The molecule has 0 bridgehead atoms. The van der Waals surface area contributed by atoms with Crippen LogP contribution in [0.15, 0.2) is 29.4 Å². The quantitative estimate of drug-likeness (QED) is 0.278. The number of nitro benzene ring substituents is 1. The number of hydrogen-bond donors (Lipinski definition) is 1. The molecule has 0 saturated heterocycles. The van der Waals surface area contributed by atoms with Crippen LogP contribution in [-0.4, -0.2) is 16.7 Å². The Balaban J connectivity index is 2.79. The van der Waals surface area contributed by atoms with Crippen molar-refractivity contribution in [2.45, 2.75) is 13.3 Å². The summed E-state index contributed by atoms with van der Waals surface area (Å²) in [6.07, 6.45) is 0.192. The molecule has 0 atom stereocenters. The Labute approximate surface area is 97.0 Å². The number of amidine groups is 1. The molecular formula is C10H11N3O4. The van der Waals surface area contributed by atoms with Crippen LogP contribution in [0.2, 0.25) is 0 Å². The van der Waals surface area contributed by atoms with Crippen molar-refractivity contribution in [3.63, 3.8) is 0 Å². The highest BCUT2D eigenvalue weighted by Gasteiger charge is 2.06. The van der Waals surface area contributed by atoms with Gasteiger partial charge < -0.3 is 10.6 Å². The lowest BCUT2D eigenvalue weighted by Crippen LogP contribution is -2.14. The lowest BCUT2D eigenvalue weighted by atomic mass is 10.2. The van der Waals surface area contributed by atoms with Crippen LogP contribution in [-0.2, 0) is 9.63 Å². The van der Waals surface area contributed by atoms with E-state index in [2.05, 4.69) is 9.99 Å². The normalized spacial score (nSPS) is 11.0. The van der Waals surface area contributed by atoms with Gasteiger partial charge in [-0.2, -0.15) is 0 Å². The van der Waals surface area contributed by atoms with Gasteiger partial charge in [0.1, 0.15) is 0 Å². The third kappa shape index (κ3) is 3.56.